The minimum Gasteiger partial charge on any atom is -0.478 e. The zero-order valence-electron chi connectivity index (χ0n) is 21.6. The van der Waals surface area contributed by atoms with Gasteiger partial charge in [-0.05, 0) is 82.2 Å². The maximum atomic E-state index is 13.4. The third-order valence-electron chi connectivity index (χ3n) is 6.08. The summed E-state index contributed by atoms with van der Waals surface area (Å²) in [7, 11) is 0. The average Bonchev–Trinajstić information content (AvgIpc) is 2.81. The van der Waals surface area contributed by atoms with Crippen molar-refractivity contribution in [3.05, 3.63) is 47.2 Å². The van der Waals surface area contributed by atoms with Crippen LogP contribution in [0.3, 0.4) is 0 Å². The Labute approximate surface area is 210 Å². The first-order valence-electron chi connectivity index (χ1n) is 12.3. The SMILES string of the molecule is CC.Cc1cnc(Oc2ccc(N(C(=O)C3CCC(C)CC3)C(C)C)c(C(=O)O)c2)c(C(F)(F)F)c1. The molecule has 1 aliphatic rings. The second-order valence-electron chi connectivity index (χ2n) is 9.21. The molecule has 36 heavy (non-hydrogen) atoms. The van der Waals surface area contributed by atoms with Crippen LogP contribution in [0.2, 0.25) is 0 Å². The summed E-state index contributed by atoms with van der Waals surface area (Å²) in [6.45, 7) is 11.2. The Morgan fingerprint density at radius 2 is 1.72 bits per heavy atom. The summed E-state index contributed by atoms with van der Waals surface area (Å²) in [5, 5.41) is 9.84. The van der Waals surface area contributed by atoms with E-state index in [4.69, 9.17) is 4.74 Å². The number of aromatic nitrogens is 1. The van der Waals surface area contributed by atoms with Gasteiger partial charge in [0.05, 0.1) is 11.3 Å². The van der Waals surface area contributed by atoms with Crippen LogP contribution in [0.5, 0.6) is 11.6 Å². The monoisotopic (exact) mass is 508 g/mol. The van der Waals surface area contributed by atoms with Gasteiger partial charge in [0.2, 0.25) is 11.8 Å². The summed E-state index contributed by atoms with van der Waals surface area (Å²) < 4.78 is 45.7. The van der Waals surface area contributed by atoms with Crippen LogP contribution in [-0.2, 0) is 11.0 Å². The number of amides is 1. The van der Waals surface area contributed by atoms with Crippen molar-refractivity contribution in [2.75, 3.05) is 4.90 Å². The zero-order chi connectivity index (χ0) is 27.2. The van der Waals surface area contributed by atoms with Crippen LogP contribution in [0.15, 0.2) is 30.5 Å². The Kier molecular flexibility index (Phi) is 9.90. The van der Waals surface area contributed by atoms with E-state index >= 15 is 0 Å². The number of carboxylic acid groups (broad SMARTS) is 1. The van der Waals surface area contributed by atoms with E-state index in [0.29, 0.717) is 11.5 Å². The van der Waals surface area contributed by atoms with Crippen molar-refractivity contribution >= 4 is 17.6 Å². The van der Waals surface area contributed by atoms with Gasteiger partial charge in [0.25, 0.3) is 0 Å². The number of hydrogen-bond acceptors (Lipinski definition) is 4. The molecule has 0 spiro atoms. The third kappa shape index (κ3) is 6.98. The minimum absolute atomic E-state index is 0.120. The molecule has 0 saturated heterocycles. The molecule has 0 bridgehead atoms. The summed E-state index contributed by atoms with van der Waals surface area (Å²) in [6, 6.07) is 4.50. The number of alkyl halides is 3. The quantitative estimate of drug-likeness (QED) is 0.437. The van der Waals surface area contributed by atoms with Gasteiger partial charge in [-0.2, -0.15) is 13.2 Å². The van der Waals surface area contributed by atoms with Crippen LogP contribution in [0.4, 0.5) is 18.9 Å². The number of hydrogen-bond donors (Lipinski definition) is 1. The topological polar surface area (TPSA) is 79.7 Å². The summed E-state index contributed by atoms with van der Waals surface area (Å²) in [4.78, 5) is 30.6. The highest BCUT2D eigenvalue weighted by molar-refractivity contribution is 6.03. The van der Waals surface area contributed by atoms with Gasteiger partial charge in [-0.3, -0.25) is 4.79 Å². The predicted octanol–water partition coefficient (Wildman–Crippen LogP) is 7.49. The van der Waals surface area contributed by atoms with Crippen LogP contribution >= 0.6 is 0 Å². The number of benzene rings is 1. The molecular formula is C27H35F3N2O4. The number of halogens is 3. The molecule has 9 heteroatoms. The lowest BCUT2D eigenvalue weighted by molar-refractivity contribution is -0.139. The summed E-state index contributed by atoms with van der Waals surface area (Å²) in [5.74, 6) is -1.88. The van der Waals surface area contributed by atoms with Crippen LogP contribution < -0.4 is 9.64 Å². The molecule has 1 amide bonds. The Morgan fingerprint density at radius 3 is 2.25 bits per heavy atom. The van der Waals surface area contributed by atoms with Gasteiger partial charge >= 0.3 is 12.1 Å². The van der Waals surface area contributed by atoms with Crippen molar-refractivity contribution in [1.82, 2.24) is 4.98 Å². The van der Waals surface area contributed by atoms with Gasteiger partial charge in [0.1, 0.15) is 11.3 Å². The molecule has 0 atom stereocenters. The second-order valence-corrected chi connectivity index (χ2v) is 9.21. The number of ether oxygens (including phenoxy) is 1. The lowest BCUT2D eigenvalue weighted by Crippen LogP contribution is -2.42. The fraction of sp³-hybridized carbons (Fsp3) is 0.519. The Bertz CT molecular complexity index is 1060. The molecule has 1 heterocycles. The zero-order valence-corrected chi connectivity index (χ0v) is 21.6. The number of aromatic carboxylic acids is 1. The second kappa shape index (κ2) is 12.2. The van der Waals surface area contributed by atoms with Gasteiger partial charge in [0.15, 0.2) is 0 Å². The molecule has 1 N–H and O–H groups in total. The number of pyridine rings is 1. The van der Waals surface area contributed by atoms with E-state index in [0.717, 1.165) is 37.8 Å². The van der Waals surface area contributed by atoms with Crippen LogP contribution in [0.1, 0.15) is 81.8 Å². The van der Waals surface area contributed by atoms with E-state index in [1.807, 2.05) is 13.8 Å². The lowest BCUT2D eigenvalue weighted by atomic mass is 9.82. The maximum Gasteiger partial charge on any atom is 0.421 e. The van der Waals surface area contributed by atoms with Crippen LogP contribution in [0, 0.1) is 18.8 Å². The first-order valence-corrected chi connectivity index (χ1v) is 12.3. The number of anilines is 1. The number of rotatable bonds is 6. The first-order chi connectivity index (χ1) is 16.9. The lowest BCUT2D eigenvalue weighted by Gasteiger charge is -2.34. The maximum absolute atomic E-state index is 13.4. The van der Waals surface area contributed by atoms with Crippen molar-refractivity contribution in [3.8, 4) is 11.6 Å². The summed E-state index contributed by atoms with van der Waals surface area (Å²) in [6.07, 6.45) is -0.0974. The Morgan fingerprint density at radius 1 is 1.11 bits per heavy atom. The van der Waals surface area contributed by atoms with Crippen molar-refractivity contribution in [3.63, 3.8) is 0 Å². The first kappa shape index (κ1) is 29.1. The van der Waals surface area contributed by atoms with Crippen molar-refractivity contribution in [2.45, 2.75) is 79.4 Å². The van der Waals surface area contributed by atoms with E-state index in [2.05, 4.69) is 11.9 Å². The largest absolute Gasteiger partial charge is 0.478 e. The van der Waals surface area contributed by atoms with Gasteiger partial charge in [0, 0.05) is 18.2 Å². The van der Waals surface area contributed by atoms with E-state index in [9.17, 15) is 27.9 Å². The van der Waals surface area contributed by atoms with Gasteiger partial charge in [-0.1, -0.05) is 20.8 Å². The van der Waals surface area contributed by atoms with Crippen molar-refractivity contribution in [2.24, 2.45) is 11.8 Å². The van der Waals surface area contributed by atoms with E-state index in [-0.39, 0.29) is 34.9 Å². The van der Waals surface area contributed by atoms with Gasteiger partial charge in [-0.25, -0.2) is 9.78 Å². The smallest absolute Gasteiger partial charge is 0.421 e. The molecule has 0 radical (unpaired) electrons. The van der Waals surface area contributed by atoms with Crippen molar-refractivity contribution < 1.29 is 32.6 Å². The highest BCUT2D eigenvalue weighted by Crippen LogP contribution is 2.39. The molecule has 3 rings (SSSR count). The molecule has 0 unspecified atom stereocenters. The number of carbonyl (C=O) groups excluding carboxylic acids is 1. The predicted molar refractivity (Wildman–Crippen MR) is 133 cm³/mol. The molecule has 2 aromatic rings. The number of carboxylic acids is 1. The Balaban J connectivity index is 0.00000222. The molecule has 0 aliphatic heterocycles. The third-order valence-corrected chi connectivity index (χ3v) is 6.08. The molecule has 1 fully saturated rings. The van der Waals surface area contributed by atoms with E-state index in [1.165, 1.54) is 30.2 Å². The summed E-state index contributed by atoms with van der Waals surface area (Å²) in [5.41, 5.74) is -0.792. The standard InChI is InChI=1S/C25H29F3N2O4.C2H6/c1-14(2)30(23(31)17-7-5-15(3)6-8-17)21-10-9-18(12-19(21)24(32)33)34-22-20(25(26,27)28)11-16(4)13-29-22;1-2/h9-15,17H,5-8H2,1-4H3,(H,32,33);1-2H3. The molecular weight excluding hydrogens is 473 g/mol. The molecule has 198 valence electrons. The van der Waals surface area contributed by atoms with Crippen molar-refractivity contribution in [1.29, 1.82) is 0 Å². The fourth-order valence-electron chi connectivity index (χ4n) is 4.27. The minimum atomic E-state index is -4.69. The number of nitrogens with zero attached hydrogens (tertiary/aromatic N) is 2. The van der Waals surface area contributed by atoms with Crippen LogP contribution in [0.25, 0.3) is 0 Å². The number of carbonyl (C=O) groups is 2. The van der Waals surface area contributed by atoms with E-state index < -0.39 is 23.6 Å². The van der Waals surface area contributed by atoms with E-state index in [1.54, 1.807) is 13.8 Å². The Hall–Kier alpha value is -3.10. The molecule has 1 aromatic carbocycles. The fourth-order valence-corrected chi connectivity index (χ4v) is 4.27. The average molecular weight is 509 g/mol. The summed E-state index contributed by atoms with van der Waals surface area (Å²) >= 11 is 0. The molecule has 1 aromatic heterocycles. The van der Waals surface area contributed by atoms with Gasteiger partial charge < -0.3 is 14.7 Å². The molecule has 1 aliphatic carbocycles. The highest BCUT2D eigenvalue weighted by Gasteiger charge is 2.36. The van der Waals surface area contributed by atoms with Crippen LogP contribution in [-0.4, -0.2) is 28.0 Å². The normalized spacial score (nSPS) is 17.7. The molecule has 1 saturated carbocycles. The number of aryl methyl sites for hydroxylation is 1. The highest BCUT2D eigenvalue weighted by atomic mass is 19.4. The van der Waals surface area contributed by atoms with Gasteiger partial charge in [-0.15, -0.1) is 0 Å². The molecule has 6 nitrogen and oxygen atoms in total.